The molecule has 0 saturated heterocycles. The predicted molar refractivity (Wildman–Crippen MR) is 62.9 cm³/mol. The Morgan fingerprint density at radius 3 is 2.35 bits per heavy atom. The van der Waals surface area contributed by atoms with Crippen LogP contribution in [0.3, 0.4) is 0 Å². The zero-order chi connectivity index (χ0) is 15.7. The third-order valence-corrected chi connectivity index (χ3v) is 2.25. The van der Waals surface area contributed by atoms with Crippen molar-refractivity contribution in [1.29, 1.82) is 0 Å². The van der Waals surface area contributed by atoms with Crippen molar-refractivity contribution in [1.82, 2.24) is 5.32 Å². The van der Waals surface area contributed by atoms with Crippen LogP contribution < -0.4 is 27.0 Å². The number of aliphatic imine (C=N–C) groups is 1. The number of carbonyl (C=O) groups excluding carboxylic acids is 2. The highest BCUT2D eigenvalue weighted by molar-refractivity contribution is 5.87. The second kappa shape index (κ2) is 8.69. The molecule has 0 fully saturated rings. The largest absolute Gasteiger partial charge is 0.550 e. The van der Waals surface area contributed by atoms with E-state index in [1.165, 1.54) is 0 Å². The Bertz CT molecular complexity index is 397. The summed E-state index contributed by atoms with van der Waals surface area (Å²) < 4.78 is 0. The lowest BCUT2D eigenvalue weighted by Crippen LogP contribution is -2.47. The number of aliphatic carboxylic acids is 3. The molecule has 0 bridgehead atoms. The Hall–Kier alpha value is -2.36. The number of nitrogens with zero attached hydrogens (tertiary/aromatic N) is 1. The van der Waals surface area contributed by atoms with E-state index in [-0.39, 0.29) is 18.9 Å². The van der Waals surface area contributed by atoms with E-state index in [4.69, 9.17) is 16.6 Å². The van der Waals surface area contributed by atoms with Crippen LogP contribution in [0.25, 0.3) is 0 Å². The van der Waals surface area contributed by atoms with Crippen LogP contribution in [0.1, 0.15) is 19.3 Å². The van der Waals surface area contributed by atoms with Gasteiger partial charge in [-0.3, -0.25) is 4.99 Å². The van der Waals surface area contributed by atoms with Crippen molar-refractivity contribution in [3.63, 3.8) is 0 Å². The molecule has 114 valence electrons. The summed E-state index contributed by atoms with van der Waals surface area (Å²) in [5, 5.41) is 31.6. The van der Waals surface area contributed by atoms with Crippen molar-refractivity contribution < 1.29 is 29.7 Å². The van der Waals surface area contributed by atoms with Crippen LogP contribution in [0, 0.1) is 0 Å². The summed E-state index contributed by atoms with van der Waals surface area (Å²) >= 11 is 0. The second-order valence-electron chi connectivity index (χ2n) is 3.95. The number of rotatable bonds is 9. The normalized spacial score (nSPS) is 14.3. The summed E-state index contributed by atoms with van der Waals surface area (Å²) in [4.78, 5) is 35.1. The van der Waals surface area contributed by atoms with Crippen LogP contribution in [0.4, 0.5) is 0 Å². The van der Waals surface area contributed by atoms with E-state index >= 15 is 0 Å². The molecular formula is C10H16N4O6-2. The summed E-state index contributed by atoms with van der Waals surface area (Å²) in [7, 11) is 0. The standard InChI is InChI=1S/C10H18N4O6/c11-5(8(17)18)2-1-3-13-10(12)14-6(9(19)20)4-7(15)16/h5-6H,1-4,11H2,(H,15,16)(H,17,18)(H,19,20)(H3,12,13,14)/p-2/t5-,6-/m0/s1. The van der Waals surface area contributed by atoms with Gasteiger partial charge in [-0.1, -0.05) is 0 Å². The van der Waals surface area contributed by atoms with Crippen LogP contribution in [-0.2, 0) is 14.4 Å². The number of guanidine groups is 1. The third-order valence-electron chi connectivity index (χ3n) is 2.25. The molecule has 20 heavy (non-hydrogen) atoms. The van der Waals surface area contributed by atoms with Crippen molar-refractivity contribution in [2.75, 3.05) is 6.54 Å². The predicted octanol–water partition coefficient (Wildman–Crippen LogP) is -4.66. The number of nitrogens with one attached hydrogen (secondary N) is 1. The average Bonchev–Trinajstić information content (AvgIpc) is 2.32. The fraction of sp³-hybridized carbons (Fsp3) is 0.600. The number of nitrogens with two attached hydrogens (primary N) is 2. The first-order chi connectivity index (χ1) is 9.23. The summed E-state index contributed by atoms with van der Waals surface area (Å²) in [6.07, 6.45) is -0.336. The topological polar surface area (TPSA) is 194 Å². The van der Waals surface area contributed by atoms with Crippen LogP contribution in [-0.4, -0.2) is 47.6 Å². The van der Waals surface area contributed by atoms with Crippen molar-refractivity contribution in [2.45, 2.75) is 31.3 Å². The molecule has 0 aromatic heterocycles. The number of hydrogen-bond acceptors (Lipinski definition) is 7. The first kappa shape index (κ1) is 17.6. The van der Waals surface area contributed by atoms with Gasteiger partial charge in [-0.25, -0.2) is 4.79 Å². The zero-order valence-corrected chi connectivity index (χ0v) is 10.6. The first-order valence-corrected chi connectivity index (χ1v) is 5.69. The summed E-state index contributed by atoms with van der Waals surface area (Å²) in [5.74, 6) is -4.59. The highest BCUT2D eigenvalue weighted by Crippen LogP contribution is 1.95. The van der Waals surface area contributed by atoms with Gasteiger partial charge in [0.25, 0.3) is 0 Å². The molecule has 0 unspecified atom stereocenters. The molecule has 0 aromatic rings. The minimum atomic E-state index is -1.54. The summed E-state index contributed by atoms with van der Waals surface area (Å²) in [5.41, 5.74) is 10.6. The molecular weight excluding hydrogens is 272 g/mol. The second-order valence-corrected chi connectivity index (χ2v) is 3.95. The van der Waals surface area contributed by atoms with E-state index in [1.807, 2.05) is 0 Å². The Kier molecular flexibility index (Phi) is 7.67. The van der Waals surface area contributed by atoms with Crippen LogP contribution >= 0.6 is 0 Å². The minimum absolute atomic E-state index is 0.109. The third kappa shape index (κ3) is 7.87. The fourth-order valence-electron chi connectivity index (χ4n) is 1.22. The Morgan fingerprint density at radius 1 is 1.30 bits per heavy atom. The monoisotopic (exact) mass is 288 g/mol. The van der Waals surface area contributed by atoms with Crippen molar-refractivity contribution in [2.24, 2.45) is 16.5 Å². The molecule has 6 N–H and O–H groups in total. The van der Waals surface area contributed by atoms with Crippen molar-refractivity contribution in [3.8, 4) is 0 Å². The van der Waals surface area contributed by atoms with Gasteiger partial charge in [-0.15, -0.1) is 0 Å². The van der Waals surface area contributed by atoms with Gasteiger partial charge in [0.1, 0.15) is 6.04 Å². The molecule has 0 aliphatic rings. The smallest absolute Gasteiger partial charge is 0.326 e. The number of carbonyl (C=O) groups is 3. The first-order valence-electron chi connectivity index (χ1n) is 5.69. The highest BCUT2D eigenvalue weighted by atomic mass is 16.4. The van der Waals surface area contributed by atoms with Gasteiger partial charge in [0.2, 0.25) is 0 Å². The molecule has 0 amide bonds. The van der Waals surface area contributed by atoms with Crippen LogP contribution in [0.5, 0.6) is 0 Å². The van der Waals surface area contributed by atoms with E-state index in [0.29, 0.717) is 6.42 Å². The molecule has 0 saturated carbocycles. The zero-order valence-electron chi connectivity index (χ0n) is 10.6. The van der Waals surface area contributed by atoms with Crippen LogP contribution in [0.2, 0.25) is 0 Å². The molecule has 0 heterocycles. The molecule has 0 radical (unpaired) electrons. The van der Waals surface area contributed by atoms with Gasteiger partial charge in [-0.2, -0.15) is 0 Å². The molecule has 0 aliphatic carbocycles. The molecule has 10 nitrogen and oxygen atoms in total. The maximum atomic E-state index is 10.7. The lowest BCUT2D eigenvalue weighted by atomic mass is 10.2. The van der Waals surface area contributed by atoms with Gasteiger partial charge in [0.05, 0.1) is 5.97 Å². The number of carboxylic acids is 3. The highest BCUT2D eigenvalue weighted by Gasteiger charge is 2.17. The SMILES string of the molecule is NC(=NCCC[C@H](N)C(=O)[O-])N[C@@H](CC(=O)[O-])C(=O)O. The van der Waals surface area contributed by atoms with E-state index in [9.17, 15) is 24.6 Å². The van der Waals surface area contributed by atoms with E-state index in [1.54, 1.807) is 0 Å². The Labute approximate surface area is 114 Å². The van der Waals surface area contributed by atoms with E-state index in [0.717, 1.165) is 0 Å². The Morgan fingerprint density at radius 2 is 1.90 bits per heavy atom. The van der Waals surface area contributed by atoms with E-state index in [2.05, 4.69) is 10.3 Å². The number of carboxylic acid groups (broad SMARTS) is 3. The summed E-state index contributed by atoms with van der Waals surface area (Å²) in [6, 6.07) is -2.56. The molecule has 10 heteroatoms. The van der Waals surface area contributed by atoms with Gasteiger partial charge >= 0.3 is 5.97 Å². The molecule has 0 spiro atoms. The maximum absolute atomic E-state index is 10.7. The molecule has 0 aliphatic heterocycles. The van der Waals surface area contributed by atoms with Gasteiger partial charge in [0, 0.05) is 25.0 Å². The quantitative estimate of drug-likeness (QED) is 0.183. The van der Waals surface area contributed by atoms with Gasteiger partial charge in [-0.05, 0) is 12.8 Å². The minimum Gasteiger partial charge on any atom is -0.550 e. The molecule has 2 atom stereocenters. The average molecular weight is 288 g/mol. The molecule has 0 aromatic carbocycles. The van der Waals surface area contributed by atoms with Gasteiger partial charge < -0.3 is 41.7 Å². The summed E-state index contributed by atoms with van der Waals surface area (Å²) in [6.45, 7) is 0.109. The molecule has 0 rings (SSSR count). The van der Waals surface area contributed by atoms with E-state index < -0.39 is 36.4 Å². The Balaban J connectivity index is 4.19. The lowest BCUT2D eigenvalue weighted by molar-refractivity contribution is -0.308. The number of hydrogen-bond donors (Lipinski definition) is 4. The fourth-order valence-corrected chi connectivity index (χ4v) is 1.22. The maximum Gasteiger partial charge on any atom is 0.326 e. The van der Waals surface area contributed by atoms with Crippen molar-refractivity contribution in [3.05, 3.63) is 0 Å². The van der Waals surface area contributed by atoms with Gasteiger partial charge in [0.15, 0.2) is 5.96 Å². The lowest BCUT2D eigenvalue weighted by Gasteiger charge is -2.15. The van der Waals surface area contributed by atoms with Crippen molar-refractivity contribution >= 4 is 23.9 Å². The van der Waals surface area contributed by atoms with Crippen LogP contribution in [0.15, 0.2) is 4.99 Å².